The van der Waals surface area contributed by atoms with Crippen LogP contribution in [0.25, 0.3) is 0 Å². The summed E-state index contributed by atoms with van der Waals surface area (Å²) in [5.74, 6) is -0.474. The Balaban J connectivity index is 2.06. The zero-order valence-corrected chi connectivity index (χ0v) is 16.3. The summed E-state index contributed by atoms with van der Waals surface area (Å²) in [6.07, 6.45) is 0. The summed E-state index contributed by atoms with van der Waals surface area (Å²) in [6, 6.07) is 8.25. The molecule has 0 radical (unpaired) electrons. The average Bonchev–Trinajstić information content (AvgIpc) is 2.89. The standard InChI is InChI=1S/C20H27N3O3/c1-13-18(20(25)26-6)14(2)21-19(13)17(24)12-23(5)11-15-7-9-16(10-8-15)22(3)4/h7-10,21H,11-12H2,1-6H3. The fraction of sp³-hybridized carbons (Fsp3) is 0.400. The van der Waals surface area contributed by atoms with Gasteiger partial charge in [0.15, 0.2) is 5.78 Å². The molecule has 0 atom stereocenters. The first-order chi connectivity index (χ1) is 12.2. The summed E-state index contributed by atoms with van der Waals surface area (Å²) in [7, 11) is 7.25. The molecule has 6 nitrogen and oxygen atoms in total. The van der Waals surface area contributed by atoms with Gasteiger partial charge in [-0.2, -0.15) is 0 Å². The number of rotatable bonds is 7. The molecular formula is C20H27N3O3. The number of ether oxygens (including phenoxy) is 1. The first-order valence-electron chi connectivity index (χ1n) is 8.50. The monoisotopic (exact) mass is 357 g/mol. The van der Waals surface area contributed by atoms with E-state index in [1.165, 1.54) is 7.11 Å². The number of hydrogen-bond acceptors (Lipinski definition) is 5. The van der Waals surface area contributed by atoms with Crippen LogP contribution in [0.2, 0.25) is 0 Å². The number of aryl methyl sites for hydroxylation is 1. The average molecular weight is 357 g/mol. The lowest BCUT2D eigenvalue weighted by atomic mass is 10.1. The SMILES string of the molecule is COC(=O)c1c(C)[nH]c(C(=O)CN(C)Cc2ccc(N(C)C)cc2)c1C. The number of methoxy groups -OCH3 is 1. The van der Waals surface area contributed by atoms with E-state index in [2.05, 4.69) is 29.2 Å². The number of esters is 1. The van der Waals surface area contributed by atoms with Crippen LogP contribution in [0, 0.1) is 13.8 Å². The maximum Gasteiger partial charge on any atom is 0.339 e. The zero-order valence-electron chi connectivity index (χ0n) is 16.3. The molecule has 1 aromatic carbocycles. The smallest absolute Gasteiger partial charge is 0.339 e. The van der Waals surface area contributed by atoms with E-state index in [4.69, 9.17) is 4.74 Å². The minimum atomic E-state index is -0.426. The van der Waals surface area contributed by atoms with Crippen molar-refractivity contribution in [2.24, 2.45) is 0 Å². The van der Waals surface area contributed by atoms with E-state index in [1.807, 2.05) is 30.9 Å². The van der Waals surface area contributed by atoms with Crippen LogP contribution in [0.5, 0.6) is 0 Å². The maximum atomic E-state index is 12.7. The molecule has 0 aliphatic carbocycles. The Hall–Kier alpha value is -2.60. The van der Waals surface area contributed by atoms with Crippen LogP contribution in [0.1, 0.15) is 37.7 Å². The van der Waals surface area contributed by atoms with Crippen LogP contribution < -0.4 is 4.90 Å². The number of aromatic nitrogens is 1. The molecule has 1 heterocycles. The van der Waals surface area contributed by atoms with Crippen LogP contribution in [0.15, 0.2) is 24.3 Å². The van der Waals surface area contributed by atoms with Gasteiger partial charge < -0.3 is 14.6 Å². The minimum Gasteiger partial charge on any atom is -0.465 e. The lowest BCUT2D eigenvalue weighted by Gasteiger charge is -2.17. The first-order valence-corrected chi connectivity index (χ1v) is 8.50. The Labute approximate surface area is 154 Å². The van der Waals surface area contributed by atoms with E-state index in [0.717, 1.165) is 11.3 Å². The number of nitrogens with one attached hydrogen (secondary N) is 1. The minimum absolute atomic E-state index is 0.0480. The lowest BCUT2D eigenvalue weighted by molar-refractivity contribution is 0.0599. The van der Waals surface area contributed by atoms with E-state index in [1.54, 1.807) is 13.8 Å². The van der Waals surface area contributed by atoms with Crippen molar-refractivity contribution in [3.63, 3.8) is 0 Å². The van der Waals surface area contributed by atoms with Gasteiger partial charge in [-0.15, -0.1) is 0 Å². The molecule has 0 aliphatic heterocycles. The third-order valence-corrected chi connectivity index (χ3v) is 4.42. The summed E-state index contributed by atoms with van der Waals surface area (Å²) in [5, 5.41) is 0. The van der Waals surface area contributed by atoms with Gasteiger partial charge >= 0.3 is 5.97 Å². The molecule has 0 bridgehead atoms. The van der Waals surface area contributed by atoms with Gasteiger partial charge in [0.2, 0.25) is 0 Å². The van der Waals surface area contributed by atoms with E-state index >= 15 is 0 Å². The van der Waals surface area contributed by atoms with Crippen LogP contribution in [0.3, 0.4) is 0 Å². The molecule has 0 aliphatic rings. The Bertz CT molecular complexity index is 791. The molecule has 1 aromatic heterocycles. The van der Waals surface area contributed by atoms with Gasteiger partial charge in [-0.25, -0.2) is 4.79 Å². The van der Waals surface area contributed by atoms with Crippen LogP contribution in [0.4, 0.5) is 5.69 Å². The number of Topliss-reactive ketones (excluding diaryl/α,β-unsaturated/α-hetero) is 1. The number of ketones is 1. The Morgan fingerprint density at radius 1 is 1.08 bits per heavy atom. The maximum absolute atomic E-state index is 12.7. The molecule has 140 valence electrons. The molecule has 2 aromatic rings. The van der Waals surface area contributed by atoms with Crippen LogP contribution in [-0.2, 0) is 11.3 Å². The summed E-state index contributed by atoms with van der Waals surface area (Å²) in [5.41, 5.74) is 4.49. The molecule has 2 rings (SSSR count). The quantitative estimate of drug-likeness (QED) is 0.610. The van der Waals surface area contributed by atoms with Crippen molar-refractivity contribution in [2.75, 3.05) is 39.7 Å². The summed E-state index contributed by atoms with van der Waals surface area (Å²) < 4.78 is 4.79. The molecule has 0 saturated heterocycles. The fourth-order valence-corrected chi connectivity index (χ4v) is 3.03. The molecule has 0 amide bonds. The lowest BCUT2D eigenvalue weighted by Crippen LogP contribution is -2.26. The second-order valence-corrected chi connectivity index (χ2v) is 6.77. The summed E-state index contributed by atoms with van der Waals surface area (Å²) >= 11 is 0. The second-order valence-electron chi connectivity index (χ2n) is 6.77. The second kappa shape index (κ2) is 8.19. The highest BCUT2D eigenvalue weighted by Crippen LogP contribution is 2.20. The van der Waals surface area contributed by atoms with Gasteiger partial charge in [-0.3, -0.25) is 9.69 Å². The Morgan fingerprint density at radius 2 is 1.69 bits per heavy atom. The van der Waals surface area contributed by atoms with Crippen molar-refractivity contribution in [1.29, 1.82) is 0 Å². The fourth-order valence-electron chi connectivity index (χ4n) is 3.03. The number of anilines is 1. The van der Waals surface area contributed by atoms with Gasteiger partial charge in [0, 0.05) is 32.0 Å². The number of nitrogens with zero attached hydrogens (tertiary/aromatic N) is 2. The van der Waals surface area contributed by atoms with Crippen molar-refractivity contribution in [2.45, 2.75) is 20.4 Å². The number of benzene rings is 1. The van der Waals surface area contributed by atoms with E-state index in [9.17, 15) is 9.59 Å². The molecule has 0 unspecified atom stereocenters. The zero-order chi connectivity index (χ0) is 19.4. The molecule has 0 fully saturated rings. The highest BCUT2D eigenvalue weighted by atomic mass is 16.5. The van der Waals surface area contributed by atoms with Crippen LogP contribution >= 0.6 is 0 Å². The van der Waals surface area contributed by atoms with Crippen molar-refractivity contribution in [3.05, 3.63) is 52.3 Å². The first kappa shape index (κ1) is 19.7. The van der Waals surface area contributed by atoms with E-state index in [0.29, 0.717) is 29.1 Å². The molecule has 0 saturated carbocycles. The van der Waals surface area contributed by atoms with Gasteiger partial charge in [0.05, 0.1) is 24.9 Å². The molecule has 6 heteroatoms. The number of carbonyl (C=O) groups excluding carboxylic acids is 2. The normalized spacial score (nSPS) is 10.9. The predicted octanol–water partition coefficient (Wildman–Crippen LogP) is 2.80. The molecule has 26 heavy (non-hydrogen) atoms. The molecular weight excluding hydrogens is 330 g/mol. The van der Waals surface area contributed by atoms with Crippen LogP contribution in [-0.4, -0.2) is 56.4 Å². The largest absolute Gasteiger partial charge is 0.465 e. The number of aromatic amines is 1. The number of likely N-dealkylation sites (N-methyl/N-ethyl adjacent to an activating group) is 1. The highest BCUT2D eigenvalue weighted by molar-refractivity contribution is 6.02. The Kier molecular flexibility index (Phi) is 6.21. The van der Waals surface area contributed by atoms with E-state index < -0.39 is 5.97 Å². The van der Waals surface area contributed by atoms with E-state index in [-0.39, 0.29) is 12.3 Å². The van der Waals surface area contributed by atoms with Gasteiger partial charge in [0.25, 0.3) is 0 Å². The number of H-pyrrole nitrogens is 1. The van der Waals surface area contributed by atoms with Gasteiger partial charge in [-0.05, 0) is 44.2 Å². The predicted molar refractivity (Wildman–Crippen MR) is 103 cm³/mol. The summed E-state index contributed by atoms with van der Waals surface area (Å²) in [6.45, 7) is 4.47. The van der Waals surface area contributed by atoms with Crippen molar-refractivity contribution in [3.8, 4) is 0 Å². The molecule has 1 N–H and O–H groups in total. The summed E-state index contributed by atoms with van der Waals surface area (Å²) in [4.78, 5) is 31.6. The van der Waals surface area contributed by atoms with Crippen molar-refractivity contribution < 1.29 is 14.3 Å². The topological polar surface area (TPSA) is 65.6 Å². The highest BCUT2D eigenvalue weighted by Gasteiger charge is 2.23. The van der Waals surface area contributed by atoms with Crippen molar-refractivity contribution >= 4 is 17.4 Å². The van der Waals surface area contributed by atoms with Gasteiger partial charge in [-0.1, -0.05) is 12.1 Å². The number of hydrogen-bond donors (Lipinski definition) is 1. The third kappa shape index (κ3) is 4.32. The van der Waals surface area contributed by atoms with Crippen molar-refractivity contribution in [1.82, 2.24) is 9.88 Å². The number of carbonyl (C=O) groups is 2. The van der Waals surface area contributed by atoms with Gasteiger partial charge in [0.1, 0.15) is 0 Å². The molecule has 0 spiro atoms. The Morgan fingerprint density at radius 3 is 2.23 bits per heavy atom. The third-order valence-electron chi connectivity index (χ3n) is 4.42.